The van der Waals surface area contributed by atoms with Crippen molar-refractivity contribution in [3.05, 3.63) is 29.8 Å². The Balaban J connectivity index is 1.63. The number of benzene rings is 1. The molecular weight excluding hydrogens is 272 g/mol. The molecule has 110 valence electrons. The van der Waals surface area contributed by atoms with Crippen LogP contribution in [0.2, 0.25) is 0 Å². The Labute approximate surface area is 121 Å². The minimum atomic E-state index is -0.249. The van der Waals surface area contributed by atoms with Gasteiger partial charge in [-0.15, -0.1) is 5.10 Å². The number of nitrogens with zero attached hydrogens (tertiary/aromatic N) is 2. The highest BCUT2D eigenvalue weighted by Gasteiger charge is 2.26. The van der Waals surface area contributed by atoms with E-state index < -0.39 is 0 Å². The zero-order valence-electron chi connectivity index (χ0n) is 11.6. The maximum atomic E-state index is 12.2. The van der Waals surface area contributed by atoms with Crippen LogP contribution in [-0.2, 0) is 11.2 Å². The summed E-state index contributed by atoms with van der Waals surface area (Å²) in [5.74, 6) is 0.728. The van der Waals surface area contributed by atoms with E-state index >= 15 is 0 Å². The van der Waals surface area contributed by atoms with E-state index in [0.717, 1.165) is 11.3 Å². The van der Waals surface area contributed by atoms with Gasteiger partial charge < -0.3 is 9.47 Å². The molecule has 2 aromatic rings. The van der Waals surface area contributed by atoms with Crippen LogP contribution in [0.1, 0.15) is 12.5 Å². The largest absolute Gasteiger partial charge is 0.492 e. The van der Waals surface area contributed by atoms with Gasteiger partial charge in [0.05, 0.1) is 12.5 Å². The summed E-state index contributed by atoms with van der Waals surface area (Å²) in [6, 6.07) is 7.96. The van der Waals surface area contributed by atoms with Crippen LogP contribution >= 0.6 is 0 Å². The van der Waals surface area contributed by atoms with E-state index in [1.165, 1.54) is 0 Å². The van der Waals surface area contributed by atoms with Crippen LogP contribution in [0.15, 0.2) is 24.3 Å². The lowest BCUT2D eigenvalue weighted by Gasteiger charge is -2.23. The molecule has 2 heterocycles. The molecule has 0 spiro atoms. The van der Waals surface area contributed by atoms with Gasteiger partial charge >= 0.3 is 6.01 Å². The summed E-state index contributed by atoms with van der Waals surface area (Å²) in [4.78, 5) is 16.2. The molecule has 1 aromatic carbocycles. The molecule has 0 bridgehead atoms. The third-order valence-electron chi connectivity index (χ3n) is 3.23. The highest BCUT2D eigenvalue weighted by atomic mass is 16.5. The molecule has 0 radical (unpaired) electrons. The number of hydrogen-bond acceptors (Lipinski definition) is 5. The number of amides is 1. The lowest BCUT2D eigenvalue weighted by atomic mass is 9.96. The highest BCUT2D eigenvalue weighted by Crippen LogP contribution is 2.27. The van der Waals surface area contributed by atoms with Gasteiger partial charge in [0.2, 0.25) is 11.9 Å². The number of carbonyl (C=O) groups excluding carboxylic acids is 1. The molecule has 1 atom stereocenters. The number of aromatic amines is 1. The van der Waals surface area contributed by atoms with E-state index in [-0.39, 0.29) is 23.8 Å². The first-order valence-electron chi connectivity index (χ1n) is 6.83. The van der Waals surface area contributed by atoms with Crippen molar-refractivity contribution in [1.29, 1.82) is 0 Å². The second-order valence-electron chi connectivity index (χ2n) is 4.71. The lowest BCUT2D eigenvalue weighted by molar-refractivity contribution is -0.121. The van der Waals surface area contributed by atoms with Gasteiger partial charge in [-0.2, -0.15) is 4.98 Å². The van der Waals surface area contributed by atoms with Crippen LogP contribution in [0.25, 0.3) is 0 Å². The van der Waals surface area contributed by atoms with Gasteiger partial charge in [0, 0.05) is 0 Å². The van der Waals surface area contributed by atoms with Crippen molar-refractivity contribution in [2.45, 2.75) is 13.3 Å². The topological polar surface area (TPSA) is 89.1 Å². The smallest absolute Gasteiger partial charge is 0.337 e. The average Bonchev–Trinajstić information content (AvgIpc) is 2.94. The quantitative estimate of drug-likeness (QED) is 0.887. The number of ether oxygens (including phenoxy) is 2. The van der Waals surface area contributed by atoms with Crippen LogP contribution in [0.4, 0.5) is 5.95 Å². The number of para-hydroxylation sites is 1. The Morgan fingerprint density at radius 1 is 1.52 bits per heavy atom. The van der Waals surface area contributed by atoms with Crippen molar-refractivity contribution >= 4 is 11.9 Å². The molecule has 3 rings (SSSR count). The molecule has 1 aromatic heterocycles. The summed E-state index contributed by atoms with van der Waals surface area (Å²) >= 11 is 0. The molecular formula is C14H16N4O3. The van der Waals surface area contributed by atoms with Crippen LogP contribution in [0, 0.1) is 5.92 Å². The maximum Gasteiger partial charge on any atom is 0.337 e. The summed E-state index contributed by atoms with van der Waals surface area (Å²) in [5.41, 5.74) is 1.04. The van der Waals surface area contributed by atoms with Gasteiger partial charge in [0.1, 0.15) is 12.4 Å². The molecule has 2 N–H and O–H groups in total. The number of carbonyl (C=O) groups is 1. The van der Waals surface area contributed by atoms with Crippen molar-refractivity contribution < 1.29 is 14.3 Å². The molecule has 0 aliphatic carbocycles. The van der Waals surface area contributed by atoms with Crippen molar-refractivity contribution in [2.24, 2.45) is 5.92 Å². The number of anilines is 1. The Hall–Kier alpha value is -2.57. The Kier molecular flexibility index (Phi) is 3.72. The van der Waals surface area contributed by atoms with Crippen molar-refractivity contribution in [2.75, 3.05) is 18.5 Å². The fourth-order valence-electron chi connectivity index (χ4n) is 2.21. The minimum absolute atomic E-state index is 0.149. The summed E-state index contributed by atoms with van der Waals surface area (Å²) in [6.45, 7) is 2.67. The zero-order chi connectivity index (χ0) is 14.7. The molecule has 0 fully saturated rings. The van der Waals surface area contributed by atoms with Gasteiger partial charge in [0.15, 0.2) is 0 Å². The van der Waals surface area contributed by atoms with Gasteiger partial charge in [-0.25, -0.2) is 5.10 Å². The monoisotopic (exact) mass is 288 g/mol. The van der Waals surface area contributed by atoms with Crippen molar-refractivity contribution in [3.8, 4) is 11.8 Å². The standard InChI is InChI=1S/C14H16N4O3/c1-2-20-14-16-13(17-18-14)15-12(19)10-7-9-5-3-4-6-11(9)21-8-10/h3-6,10H,2,7-8H2,1H3,(H2,15,16,17,18,19). The normalized spacial score (nSPS) is 16.7. The fourth-order valence-corrected chi connectivity index (χ4v) is 2.21. The maximum absolute atomic E-state index is 12.2. The number of nitrogens with one attached hydrogen (secondary N) is 2. The van der Waals surface area contributed by atoms with Crippen molar-refractivity contribution in [1.82, 2.24) is 15.2 Å². The SMILES string of the molecule is CCOc1n[nH]c(NC(=O)C2COc3ccccc3C2)n1. The molecule has 1 aliphatic rings. The van der Waals surface area contributed by atoms with Crippen LogP contribution in [0.3, 0.4) is 0 Å². The molecule has 0 saturated heterocycles. The summed E-state index contributed by atoms with van der Waals surface area (Å²) in [6.07, 6.45) is 0.647. The number of aromatic nitrogens is 3. The van der Waals surface area contributed by atoms with Crippen molar-refractivity contribution in [3.63, 3.8) is 0 Å². The first-order valence-corrected chi connectivity index (χ1v) is 6.83. The van der Waals surface area contributed by atoms with E-state index in [2.05, 4.69) is 20.5 Å². The molecule has 0 saturated carbocycles. The molecule has 1 amide bonds. The predicted octanol–water partition coefficient (Wildman–Crippen LogP) is 1.39. The second kappa shape index (κ2) is 5.82. The van der Waals surface area contributed by atoms with Gasteiger partial charge in [0.25, 0.3) is 0 Å². The van der Waals surface area contributed by atoms with Gasteiger partial charge in [-0.3, -0.25) is 10.1 Å². The van der Waals surface area contributed by atoms with E-state index in [0.29, 0.717) is 19.6 Å². The Morgan fingerprint density at radius 3 is 3.24 bits per heavy atom. The average molecular weight is 288 g/mol. The fraction of sp³-hybridized carbons (Fsp3) is 0.357. The van der Waals surface area contributed by atoms with E-state index in [1.807, 2.05) is 31.2 Å². The van der Waals surface area contributed by atoms with Crippen LogP contribution in [0.5, 0.6) is 11.8 Å². The summed E-state index contributed by atoms with van der Waals surface area (Å²) in [5, 5.41) is 9.15. The zero-order valence-corrected chi connectivity index (χ0v) is 11.6. The summed E-state index contributed by atoms with van der Waals surface area (Å²) < 4.78 is 10.7. The third-order valence-corrected chi connectivity index (χ3v) is 3.23. The predicted molar refractivity (Wildman–Crippen MR) is 75.3 cm³/mol. The molecule has 7 heteroatoms. The number of hydrogen-bond donors (Lipinski definition) is 2. The molecule has 1 unspecified atom stereocenters. The van der Waals surface area contributed by atoms with E-state index in [9.17, 15) is 4.79 Å². The molecule has 7 nitrogen and oxygen atoms in total. The first kappa shape index (κ1) is 13.4. The van der Waals surface area contributed by atoms with Gasteiger partial charge in [-0.1, -0.05) is 18.2 Å². The minimum Gasteiger partial charge on any atom is -0.492 e. The number of fused-ring (bicyclic) bond motifs is 1. The number of rotatable bonds is 4. The summed E-state index contributed by atoms with van der Waals surface area (Å²) in [7, 11) is 0. The molecule has 1 aliphatic heterocycles. The number of H-pyrrole nitrogens is 1. The first-order chi connectivity index (χ1) is 10.3. The van der Waals surface area contributed by atoms with E-state index in [1.54, 1.807) is 0 Å². The Bertz CT molecular complexity index is 641. The van der Waals surface area contributed by atoms with Crippen LogP contribution in [-0.4, -0.2) is 34.3 Å². The van der Waals surface area contributed by atoms with Crippen LogP contribution < -0.4 is 14.8 Å². The lowest BCUT2D eigenvalue weighted by Crippen LogP contribution is -2.32. The third kappa shape index (κ3) is 2.96. The highest BCUT2D eigenvalue weighted by molar-refractivity contribution is 5.91. The van der Waals surface area contributed by atoms with Gasteiger partial charge in [-0.05, 0) is 25.0 Å². The Morgan fingerprint density at radius 2 is 2.38 bits per heavy atom. The molecule has 21 heavy (non-hydrogen) atoms. The second-order valence-corrected chi connectivity index (χ2v) is 4.71. The van der Waals surface area contributed by atoms with E-state index in [4.69, 9.17) is 9.47 Å².